The molecule has 1 amide bonds. The molecule has 4 heteroatoms. The molecule has 4 nitrogen and oxygen atoms in total. The number of carbonyl (C=O) groups excluding carboxylic acids is 1. The third kappa shape index (κ3) is 4.05. The fourth-order valence-corrected chi connectivity index (χ4v) is 3.61. The van der Waals surface area contributed by atoms with Crippen molar-refractivity contribution in [3.8, 4) is 0 Å². The zero-order chi connectivity index (χ0) is 19.6. The molecular formula is C23H29N3O. The largest absolute Gasteiger partial charge is 0.312 e. The molecule has 0 fully saturated rings. The molecule has 0 bridgehead atoms. The normalized spacial score (nSPS) is 11.3. The van der Waals surface area contributed by atoms with E-state index in [-0.39, 0.29) is 5.91 Å². The maximum atomic E-state index is 13.1. The van der Waals surface area contributed by atoms with Crippen molar-refractivity contribution in [2.24, 2.45) is 5.92 Å². The molecule has 0 N–H and O–H groups in total. The van der Waals surface area contributed by atoms with Gasteiger partial charge < -0.3 is 4.90 Å². The van der Waals surface area contributed by atoms with Gasteiger partial charge in [-0.1, -0.05) is 44.2 Å². The monoisotopic (exact) mass is 363 g/mol. The van der Waals surface area contributed by atoms with Crippen LogP contribution in [0.5, 0.6) is 0 Å². The lowest BCUT2D eigenvalue weighted by Crippen LogP contribution is -2.32. The van der Waals surface area contributed by atoms with Crippen LogP contribution in [0.2, 0.25) is 0 Å². The van der Waals surface area contributed by atoms with Crippen LogP contribution in [0, 0.1) is 19.8 Å². The summed E-state index contributed by atoms with van der Waals surface area (Å²) < 4.78 is 2.04. The molecule has 2 aromatic carbocycles. The number of amides is 1. The Labute approximate surface area is 161 Å². The lowest BCUT2D eigenvalue weighted by molar-refractivity contribution is -0.117. The van der Waals surface area contributed by atoms with Gasteiger partial charge in [-0.3, -0.25) is 9.48 Å². The Morgan fingerprint density at radius 3 is 2.48 bits per heavy atom. The Morgan fingerprint density at radius 2 is 1.81 bits per heavy atom. The van der Waals surface area contributed by atoms with Crippen LogP contribution in [0.15, 0.2) is 42.5 Å². The highest BCUT2D eigenvalue weighted by atomic mass is 16.2. The van der Waals surface area contributed by atoms with E-state index in [1.807, 2.05) is 41.6 Å². The highest BCUT2D eigenvalue weighted by Crippen LogP contribution is 2.24. The molecule has 3 aromatic rings. The Kier molecular flexibility index (Phi) is 5.64. The lowest BCUT2D eigenvalue weighted by Gasteiger charge is -2.22. The molecule has 0 saturated heterocycles. The minimum absolute atomic E-state index is 0.114. The van der Waals surface area contributed by atoms with Crippen molar-refractivity contribution in [3.05, 3.63) is 59.4 Å². The Balaban J connectivity index is 1.86. The van der Waals surface area contributed by atoms with Crippen LogP contribution in [0.1, 0.15) is 37.7 Å². The number of hydrogen-bond donors (Lipinski definition) is 0. The summed E-state index contributed by atoms with van der Waals surface area (Å²) in [4.78, 5) is 15.0. The van der Waals surface area contributed by atoms with Crippen LogP contribution < -0.4 is 4.90 Å². The van der Waals surface area contributed by atoms with Crippen molar-refractivity contribution in [2.75, 3.05) is 11.4 Å². The number of hydrogen-bond acceptors (Lipinski definition) is 2. The average molecular weight is 364 g/mol. The third-order valence-corrected chi connectivity index (χ3v) is 5.06. The predicted octanol–water partition coefficient (Wildman–Crippen LogP) is 4.90. The fourth-order valence-electron chi connectivity index (χ4n) is 3.61. The van der Waals surface area contributed by atoms with Gasteiger partial charge in [-0.25, -0.2) is 0 Å². The van der Waals surface area contributed by atoms with E-state index >= 15 is 0 Å². The topological polar surface area (TPSA) is 38.1 Å². The van der Waals surface area contributed by atoms with Gasteiger partial charge in [-0.05, 0) is 49.6 Å². The summed E-state index contributed by atoms with van der Waals surface area (Å²) in [6, 6.07) is 14.4. The molecule has 142 valence electrons. The number of likely N-dealkylation sites (N-methyl/N-ethyl adjacent to an activating group) is 1. The SMILES string of the molecule is CCN(C(=O)Cc1c(C)nn(CC(C)C)c1C)c1ccc2ccccc2c1. The Hall–Kier alpha value is -2.62. The molecule has 0 aliphatic carbocycles. The van der Waals surface area contributed by atoms with E-state index in [9.17, 15) is 4.79 Å². The minimum Gasteiger partial charge on any atom is -0.312 e. The summed E-state index contributed by atoms with van der Waals surface area (Å²) in [6.45, 7) is 12.0. The summed E-state index contributed by atoms with van der Waals surface area (Å²) in [7, 11) is 0. The van der Waals surface area contributed by atoms with Crippen LogP contribution in [-0.2, 0) is 17.8 Å². The summed E-state index contributed by atoms with van der Waals surface area (Å²) in [5.41, 5.74) is 4.06. The van der Waals surface area contributed by atoms with Crippen LogP contribution in [0.3, 0.4) is 0 Å². The van der Waals surface area contributed by atoms with Crippen molar-refractivity contribution in [1.29, 1.82) is 0 Å². The second-order valence-electron chi connectivity index (χ2n) is 7.57. The first-order valence-electron chi connectivity index (χ1n) is 9.72. The zero-order valence-corrected chi connectivity index (χ0v) is 17.0. The first kappa shape index (κ1) is 19.2. The van der Waals surface area contributed by atoms with Crippen LogP contribution >= 0.6 is 0 Å². The first-order chi connectivity index (χ1) is 12.9. The molecule has 0 radical (unpaired) electrons. The summed E-state index contributed by atoms with van der Waals surface area (Å²) >= 11 is 0. The maximum absolute atomic E-state index is 13.1. The van der Waals surface area contributed by atoms with E-state index < -0.39 is 0 Å². The van der Waals surface area contributed by atoms with Gasteiger partial charge in [0.15, 0.2) is 0 Å². The van der Waals surface area contributed by atoms with Gasteiger partial charge in [0.25, 0.3) is 0 Å². The van der Waals surface area contributed by atoms with Crippen molar-refractivity contribution < 1.29 is 4.79 Å². The maximum Gasteiger partial charge on any atom is 0.231 e. The van der Waals surface area contributed by atoms with E-state index in [1.165, 1.54) is 5.39 Å². The second kappa shape index (κ2) is 7.95. The van der Waals surface area contributed by atoms with E-state index in [2.05, 4.69) is 50.1 Å². The molecule has 1 aromatic heterocycles. The standard InChI is InChI=1S/C23H29N3O/c1-6-25(21-12-11-19-9-7-8-10-20(19)13-21)23(27)14-22-17(4)24-26(18(22)5)15-16(2)3/h7-13,16H,6,14-15H2,1-5H3. The molecule has 27 heavy (non-hydrogen) atoms. The van der Waals surface area contributed by atoms with Gasteiger partial charge in [-0.15, -0.1) is 0 Å². The third-order valence-electron chi connectivity index (χ3n) is 5.06. The second-order valence-corrected chi connectivity index (χ2v) is 7.57. The first-order valence-corrected chi connectivity index (χ1v) is 9.72. The van der Waals surface area contributed by atoms with Crippen LogP contribution in [0.4, 0.5) is 5.69 Å². The molecule has 0 aliphatic heterocycles. The van der Waals surface area contributed by atoms with Crippen LogP contribution in [0.25, 0.3) is 10.8 Å². The van der Waals surface area contributed by atoms with Gasteiger partial charge in [0, 0.05) is 30.0 Å². The fraction of sp³-hybridized carbons (Fsp3) is 0.391. The molecule has 1 heterocycles. The quantitative estimate of drug-likeness (QED) is 0.624. The molecular weight excluding hydrogens is 334 g/mol. The Morgan fingerprint density at radius 1 is 1.11 bits per heavy atom. The summed E-state index contributed by atoms with van der Waals surface area (Å²) in [5, 5.41) is 6.99. The zero-order valence-electron chi connectivity index (χ0n) is 17.0. The van der Waals surface area contributed by atoms with Crippen LogP contribution in [-0.4, -0.2) is 22.2 Å². The summed E-state index contributed by atoms with van der Waals surface area (Å²) in [5.74, 6) is 0.638. The highest BCUT2D eigenvalue weighted by molar-refractivity contribution is 5.97. The van der Waals surface area contributed by atoms with Gasteiger partial charge in [0.05, 0.1) is 12.1 Å². The van der Waals surface area contributed by atoms with E-state index in [4.69, 9.17) is 0 Å². The van der Waals surface area contributed by atoms with E-state index in [0.717, 1.165) is 34.6 Å². The van der Waals surface area contributed by atoms with Crippen molar-refractivity contribution in [3.63, 3.8) is 0 Å². The van der Waals surface area contributed by atoms with Gasteiger partial charge in [0.1, 0.15) is 0 Å². The molecule has 0 spiro atoms. The predicted molar refractivity (Wildman–Crippen MR) is 112 cm³/mol. The number of anilines is 1. The van der Waals surface area contributed by atoms with E-state index in [1.54, 1.807) is 0 Å². The van der Waals surface area contributed by atoms with Crippen molar-refractivity contribution in [2.45, 2.75) is 47.6 Å². The molecule has 3 rings (SSSR count). The average Bonchev–Trinajstić information content (AvgIpc) is 2.89. The van der Waals surface area contributed by atoms with Gasteiger partial charge in [0.2, 0.25) is 5.91 Å². The molecule has 0 saturated carbocycles. The number of nitrogens with zero attached hydrogens (tertiary/aromatic N) is 3. The number of aromatic nitrogens is 2. The molecule has 0 aliphatic rings. The molecule has 0 atom stereocenters. The highest BCUT2D eigenvalue weighted by Gasteiger charge is 2.20. The lowest BCUT2D eigenvalue weighted by atomic mass is 10.1. The number of benzene rings is 2. The minimum atomic E-state index is 0.114. The summed E-state index contributed by atoms with van der Waals surface area (Å²) in [6.07, 6.45) is 0.385. The van der Waals surface area contributed by atoms with Gasteiger partial charge in [-0.2, -0.15) is 5.10 Å². The van der Waals surface area contributed by atoms with Crippen molar-refractivity contribution in [1.82, 2.24) is 9.78 Å². The Bertz CT molecular complexity index is 955. The van der Waals surface area contributed by atoms with Crippen molar-refractivity contribution >= 4 is 22.4 Å². The number of fused-ring (bicyclic) bond motifs is 1. The smallest absolute Gasteiger partial charge is 0.231 e. The number of carbonyl (C=O) groups is 1. The number of aryl methyl sites for hydroxylation is 1. The molecule has 0 unspecified atom stereocenters. The van der Waals surface area contributed by atoms with E-state index in [0.29, 0.717) is 18.9 Å². The number of rotatable bonds is 6. The van der Waals surface area contributed by atoms with Gasteiger partial charge >= 0.3 is 0 Å².